The van der Waals surface area contributed by atoms with Gasteiger partial charge in [-0.1, -0.05) is 0 Å². The van der Waals surface area contributed by atoms with Gasteiger partial charge in [0.2, 0.25) is 0 Å². The Morgan fingerprint density at radius 1 is 1.56 bits per heavy atom. The van der Waals surface area contributed by atoms with Gasteiger partial charge in [-0.3, -0.25) is 0 Å². The molecule has 1 fully saturated rings. The first-order valence-electron chi connectivity index (χ1n) is 5.06. The smallest absolute Gasteiger partial charge is 0.415 e. The van der Waals surface area contributed by atoms with Gasteiger partial charge in [0.25, 0.3) is 6.33 Å². The van der Waals surface area contributed by atoms with Crippen LogP contribution in [-0.2, 0) is 11.8 Å². The first-order valence-corrected chi connectivity index (χ1v) is 5.06. The number of aryl methyl sites for hydroxylation is 1. The van der Waals surface area contributed by atoms with Crippen molar-refractivity contribution in [1.82, 2.24) is 9.47 Å². The summed E-state index contributed by atoms with van der Waals surface area (Å²) in [7, 11) is 3.58. The maximum atomic E-state index is 11.9. The fraction of sp³-hybridized carbons (Fsp3) is 0.600. The molecule has 0 aliphatic carbocycles. The fourth-order valence-electron chi connectivity index (χ4n) is 1.82. The number of likely N-dealkylation sites (tertiary alicyclic amines) is 1. The van der Waals surface area contributed by atoms with E-state index in [9.17, 15) is 4.79 Å². The lowest BCUT2D eigenvalue weighted by atomic mass is 10.3. The van der Waals surface area contributed by atoms with E-state index < -0.39 is 0 Å². The van der Waals surface area contributed by atoms with Crippen LogP contribution in [0.15, 0.2) is 18.7 Å². The number of halogens is 1. The monoisotopic (exact) mass is 337 g/mol. The van der Waals surface area contributed by atoms with Crippen molar-refractivity contribution in [2.24, 2.45) is 7.05 Å². The predicted octanol–water partition coefficient (Wildman–Crippen LogP) is -2.99. The molecule has 1 amide bonds. The van der Waals surface area contributed by atoms with Gasteiger partial charge in [0, 0.05) is 13.7 Å². The van der Waals surface area contributed by atoms with E-state index in [-0.39, 0.29) is 36.1 Å². The predicted molar refractivity (Wildman–Crippen MR) is 53.4 cm³/mol. The summed E-state index contributed by atoms with van der Waals surface area (Å²) in [5.41, 5.74) is 0. The number of rotatable bonds is 1. The van der Waals surface area contributed by atoms with E-state index in [2.05, 4.69) is 0 Å². The zero-order chi connectivity index (χ0) is 10.8. The molecule has 0 bridgehead atoms. The molecule has 1 aliphatic rings. The number of hydrogen-bond donors (Lipinski definition) is 0. The van der Waals surface area contributed by atoms with E-state index in [4.69, 9.17) is 4.74 Å². The number of amides is 1. The number of ether oxygens (including phenoxy) is 1. The first kappa shape index (κ1) is 13.4. The third kappa shape index (κ3) is 2.73. The second kappa shape index (κ2) is 5.62. The van der Waals surface area contributed by atoms with Crippen molar-refractivity contribution < 1.29 is 38.1 Å². The van der Waals surface area contributed by atoms with Crippen LogP contribution in [0.4, 0.5) is 4.79 Å². The standard InChI is InChI=1S/C10H16N3O2.HI/c1-11-5-6-13(8-11)10(14)12-4-3-9(7-12)15-2;/h5-6,8-9H,3-4,7H2,1-2H3;1H/q+1;/p-1. The molecule has 1 atom stereocenters. The van der Waals surface area contributed by atoms with E-state index in [0.717, 1.165) is 13.0 Å². The van der Waals surface area contributed by atoms with Crippen LogP contribution in [-0.4, -0.2) is 41.8 Å². The van der Waals surface area contributed by atoms with Crippen LogP contribution in [0, 0.1) is 0 Å². The molecular weight excluding hydrogens is 321 g/mol. The first-order chi connectivity index (χ1) is 7.20. The minimum absolute atomic E-state index is 0. The van der Waals surface area contributed by atoms with Gasteiger partial charge in [-0.15, -0.1) is 0 Å². The highest BCUT2D eigenvalue weighted by atomic mass is 127. The number of carbonyl (C=O) groups excluding carboxylic acids is 1. The average molecular weight is 337 g/mol. The topological polar surface area (TPSA) is 38.4 Å². The minimum atomic E-state index is 0. The van der Waals surface area contributed by atoms with Gasteiger partial charge in [-0.05, 0) is 6.42 Å². The van der Waals surface area contributed by atoms with Crippen molar-refractivity contribution >= 4 is 6.03 Å². The normalized spacial score (nSPS) is 19.6. The van der Waals surface area contributed by atoms with Gasteiger partial charge in [0.15, 0.2) is 0 Å². The molecule has 0 radical (unpaired) electrons. The molecule has 6 heteroatoms. The molecule has 0 saturated carbocycles. The molecule has 5 nitrogen and oxygen atoms in total. The number of aromatic nitrogens is 2. The SMILES string of the molecule is COC1CCN(C(=O)n2cc[n+](C)c2)C1.[I-]. The van der Waals surface area contributed by atoms with Crippen molar-refractivity contribution in [3.63, 3.8) is 0 Å². The van der Waals surface area contributed by atoms with Gasteiger partial charge >= 0.3 is 6.03 Å². The third-order valence-electron chi connectivity index (χ3n) is 2.74. The highest BCUT2D eigenvalue weighted by Gasteiger charge is 2.29. The fourth-order valence-corrected chi connectivity index (χ4v) is 1.82. The van der Waals surface area contributed by atoms with Crippen molar-refractivity contribution in [3.8, 4) is 0 Å². The number of nitrogens with zero attached hydrogens (tertiary/aromatic N) is 3. The largest absolute Gasteiger partial charge is 1.00 e. The Bertz CT molecular complexity index is 367. The van der Waals surface area contributed by atoms with Crippen LogP contribution in [0.3, 0.4) is 0 Å². The molecule has 1 saturated heterocycles. The Morgan fingerprint density at radius 2 is 2.31 bits per heavy atom. The maximum Gasteiger partial charge on any atom is 0.415 e. The molecule has 1 aliphatic heterocycles. The molecule has 2 rings (SSSR count). The van der Waals surface area contributed by atoms with E-state index >= 15 is 0 Å². The van der Waals surface area contributed by atoms with Gasteiger partial charge in [-0.25, -0.2) is 9.36 Å². The van der Waals surface area contributed by atoms with Crippen LogP contribution in [0.25, 0.3) is 0 Å². The number of methoxy groups -OCH3 is 1. The summed E-state index contributed by atoms with van der Waals surface area (Å²) in [6.45, 7) is 1.47. The third-order valence-corrected chi connectivity index (χ3v) is 2.74. The molecule has 0 spiro atoms. The zero-order valence-corrected chi connectivity index (χ0v) is 11.6. The summed E-state index contributed by atoms with van der Waals surface area (Å²) in [6.07, 6.45) is 6.50. The summed E-state index contributed by atoms with van der Waals surface area (Å²) in [5.74, 6) is 0. The molecule has 2 heterocycles. The molecule has 0 aromatic carbocycles. The zero-order valence-electron chi connectivity index (χ0n) is 9.47. The van der Waals surface area contributed by atoms with Crippen molar-refractivity contribution in [3.05, 3.63) is 18.7 Å². The summed E-state index contributed by atoms with van der Waals surface area (Å²) in [6, 6.07) is 0.0233. The quantitative estimate of drug-likeness (QED) is 0.405. The summed E-state index contributed by atoms with van der Waals surface area (Å²) < 4.78 is 8.67. The lowest BCUT2D eigenvalue weighted by Crippen LogP contribution is -3.00. The highest BCUT2D eigenvalue weighted by molar-refractivity contribution is 5.76. The van der Waals surface area contributed by atoms with Crippen LogP contribution in [0.5, 0.6) is 0 Å². The van der Waals surface area contributed by atoms with Crippen LogP contribution >= 0.6 is 0 Å². The van der Waals surface area contributed by atoms with E-state index in [1.807, 2.05) is 22.7 Å². The molecule has 16 heavy (non-hydrogen) atoms. The second-order valence-electron chi connectivity index (χ2n) is 3.86. The minimum Gasteiger partial charge on any atom is -1.00 e. The molecule has 1 aromatic heterocycles. The van der Waals surface area contributed by atoms with Crippen molar-refractivity contribution in [1.29, 1.82) is 0 Å². The average Bonchev–Trinajstić information content (AvgIpc) is 2.84. The number of imidazole rings is 1. The van der Waals surface area contributed by atoms with Crippen LogP contribution in [0.2, 0.25) is 0 Å². The van der Waals surface area contributed by atoms with Crippen LogP contribution < -0.4 is 28.5 Å². The lowest BCUT2D eigenvalue weighted by Gasteiger charge is -2.12. The van der Waals surface area contributed by atoms with Crippen molar-refractivity contribution in [2.45, 2.75) is 12.5 Å². The summed E-state index contributed by atoms with van der Waals surface area (Å²) in [4.78, 5) is 13.8. The summed E-state index contributed by atoms with van der Waals surface area (Å²) >= 11 is 0. The summed E-state index contributed by atoms with van der Waals surface area (Å²) in [5, 5.41) is 0. The van der Waals surface area contributed by atoms with E-state index in [0.29, 0.717) is 6.54 Å². The molecule has 0 N–H and O–H groups in total. The Kier molecular flexibility index (Phi) is 4.72. The van der Waals surface area contributed by atoms with Crippen LogP contribution in [0.1, 0.15) is 6.42 Å². The van der Waals surface area contributed by atoms with Gasteiger partial charge in [0.1, 0.15) is 12.4 Å². The van der Waals surface area contributed by atoms with Gasteiger partial charge < -0.3 is 33.6 Å². The number of carbonyl (C=O) groups is 1. The van der Waals surface area contributed by atoms with Crippen molar-refractivity contribution in [2.75, 3.05) is 20.2 Å². The van der Waals surface area contributed by atoms with Gasteiger partial charge in [-0.2, -0.15) is 4.57 Å². The van der Waals surface area contributed by atoms with Gasteiger partial charge in [0.05, 0.1) is 19.7 Å². The number of hydrogen-bond acceptors (Lipinski definition) is 2. The molecular formula is C10H16IN3O2. The molecule has 90 valence electrons. The second-order valence-corrected chi connectivity index (χ2v) is 3.86. The Balaban J connectivity index is 0.00000128. The van der Waals surface area contributed by atoms with E-state index in [1.54, 1.807) is 24.2 Å². The van der Waals surface area contributed by atoms with E-state index in [1.165, 1.54) is 0 Å². The lowest BCUT2D eigenvalue weighted by molar-refractivity contribution is -0.670. The Labute approximate surface area is 112 Å². The Hall–Kier alpha value is -0.630. The molecule has 1 unspecified atom stereocenters. The molecule has 1 aromatic rings. The highest BCUT2D eigenvalue weighted by Crippen LogP contribution is 2.12. The maximum absolute atomic E-state index is 11.9. The Morgan fingerprint density at radius 3 is 2.81 bits per heavy atom.